The van der Waals surface area contributed by atoms with Crippen molar-refractivity contribution in [1.82, 2.24) is 25.8 Å². The SMILES string of the molecule is CCNC(=NCc1coc(-c2ccccc2)n1)NCCc1ccc(-c2nc(CC)no2)cc1. The smallest absolute Gasteiger partial charge is 0.257 e. The van der Waals surface area contributed by atoms with Crippen molar-refractivity contribution in [2.45, 2.75) is 33.2 Å². The molecular weight excluding hydrogens is 416 g/mol. The molecule has 2 aromatic heterocycles. The van der Waals surface area contributed by atoms with Gasteiger partial charge < -0.3 is 19.6 Å². The first kappa shape index (κ1) is 22.3. The van der Waals surface area contributed by atoms with Gasteiger partial charge in [0.15, 0.2) is 11.8 Å². The molecule has 0 spiro atoms. The van der Waals surface area contributed by atoms with Crippen molar-refractivity contribution in [3.05, 3.63) is 77.9 Å². The minimum absolute atomic E-state index is 0.435. The van der Waals surface area contributed by atoms with Gasteiger partial charge in [0, 0.05) is 30.6 Å². The maximum atomic E-state index is 5.59. The highest BCUT2D eigenvalue weighted by molar-refractivity contribution is 5.79. The van der Waals surface area contributed by atoms with Crippen LogP contribution in [0.5, 0.6) is 0 Å². The van der Waals surface area contributed by atoms with Crippen LogP contribution in [0.4, 0.5) is 0 Å². The highest BCUT2D eigenvalue weighted by Gasteiger charge is 2.08. The molecule has 2 N–H and O–H groups in total. The van der Waals surface area contributed by atoms with E-state index in [0.717, 1.165) is 54.5 Å². The second kappa shape index (κ2) is 11.1. The zero-order chi connectivity index (χ0) is 22.9. The molecule has 4 rings (SSSR count). The van der Waals surface area contributed by atoms with Crippen LogP contribution in [0.3, 0.4) is 0 Å². The lowest BCUT2D eigenvalue weighted by atomic mass is 10.1. The summed E-state index contributed by atoms with van der Waals surface area (Å²) in [4.78, 5) is 13.5. The molecule has 8 nitrogen and oxygen atoms in total. The first-order valence-electron chi connectivity index (χ1n) is 11.2. The molecule has 0 aliphatic heterocycles. The van der Waals surface area contributed by atoms with Crippen molar-refractivity contribution < 1.29 is 8.94 Å². The summed E-state index contributed by atoms with van der Waals surface area (Å²) < 4.78 is 10.9. The molecule has 8 heteroatoms. The van der Waals surface area contributed by atoms with Crippen LogP contribution in [0.2, 0.25) is 0 Å². The van der Waals surface area contributed by atoms with Crippen LogP contribution >= 0.6 is 0 Å². The Labute approximate surface area is 193 Å². The van der Waals surface area contributed by atoms with E-state index < -0.39 is 0 Å². The van der Waals surface area contributed by atoms with Crippen LogP contribution in [0, 0.1) is 0 Å². The maximum absolute atomic E-state index is 5.59. The number of nitrogens with one attached hydrogen (secondary N) is 2. The van der Waals surface area contributed by atoms with Crippen LogP contribution in [0.1, 0.15) is 30.9 Å². The van der Waals surface area contributed by atoms with Crippen LogP contribution in [-0.4, -0.2) is 34.2 Å². The first-order valence-corrected chi connectivity index (χ1v) is 11.2. The second-order valence-electron chi connectivity index (χ2n) is 7.45. The highest BCUT2D eigenvalue weighted by Crippen LogP contribution is 2.19. The van der Waals surface area contributed by atoms with Crippen molar-refractivity contribution in [2.24, 2.45) is 4.99 Å². The molecule has 0 aliphatic carbocycles. The number of hydrogen-bond acceptors (Lipinski definition) is 6. The number of aromatic nitrogens is 3. The summed E-state index contributed by atoms with van der Waals surface area (Å²) in [5.41, 5.74) is 3.88. The van der Waals surface area contributed by atoms with Gasteiger partial charge in [0.25, 0.3) is 5.89 Å². The van der Waals surface area contributed by atoms with Gasteiger partial charge in [-0.3, -0.25) is 0 Å². The van der Waals surface area contributed by atoms with E-state index in [9.17, 15) is 0 Å². The van der Waals surface area contributed by atoms with E-state index >= 15 is 0 Å². The largest absolute Gasteiger partial charge is 0.444 e. The summed E-state index contributed by atoms with van der Waals surface area (Å²) in [6.45, 7) is 6.01. The molecule has 2 heterocycles. The van der Waals surface area contributed by atoms with E-state index in [2.05, 4.69) is 42.9 Å². The Morgan fingerprint density at radius 1 is 0.909 bits per heavy atom. The zero-order valence-corrected chi connectivity index (χ0v) is 18.9. The highest BCUT2D eigenvalue weighted by atomic mass is 16.5. The summed E-state index contributed by atoms with van der Waals surface area (Å²) in [5, 5.41) is 10.6. The lowest BCUT2D eigenvalue weighted by molar-refractivity contribution is 0.423. The molecule has 33 heavy (non-hydrogen) atoms. The van der Waals surface area contributed by atoms with Gasteiger partial charge in [-0.05, 0) is 43.2 Å². The van der Waals surface area contributed by atoms with Crippen LogP contribution in [-0.2, 0) is 19.4 Å². The molecule has 0 amide bonds. The third-order valence-corrected chi connectivity index (χ3v) is 5.01. The molecule has 4 aromatic rings. The van der Waals surface area contributed by atoms with Crippen molar-refractivity contribution >= 4 is 5.96 Å². The van der Waals surface area contributed by atoms with Crippen molar-refractivity contribution in [2.75, 3.05) is 13.1 Å². The van der Waals surface area contributed by atoms with Gasteiger partial charge in [0.2, 0.25) is 5.89 Å². The molecule has 0 aliphatic rings. The quantitative estimate of drug-likeness (QED) is 0.294. The summed E-state index contributed by atoms with van der Waals surface area (Å²) in [5.74, 6) is 2.63. The lowest BCUT2D eigenvalue weighted by Gasteiger charge is -2.11. The topological polar surface area (TPSA) is 101 Å². The Bertz CT molecular complexity index is 1170. The Balaban J connectivity index is 1.30. The fourth-order valence-electron chi connectivity index (χ4n) is 3.25. The van der Waals surface area contributed by atoms with Gasteiger partial charge >= 0.3 is 0 Å². The van der Waals surface area contributed by atoms with Gasteiger partial charge in [-0.2, -0.15) is 4.98 Å². The molecule has 0 saturated heterocycles. The number of rotatable bonds is 9. The Morgan fingerprint density at radius 3 is 2.42 bits per heavy atom. The van der Waals surface area contributed by atoms with Gasteiger partial charge in [-0.25, -0.2) is 9.98 Å². The first-order chi connectivity index (χ1) is 16.2. The summed E-state index contributed by atoms with van der Waals surface area (Å²) in [7, 11) is 0. The number of nitrogens with zero attached hydrogens (tertiary/aromatic N) is 4. The van der Waals surface area contributed by atoms with Gasteiger partial charge in [-0.1, -0.05) is 42.4 Å². The van der Waals surface area contributed by atoms with E-state index in [-0.39, 0.29) is 0 Å². The minimum atomic E-state index is 0.435. The number of benzene rings is 2. The van der Waals surface area contributed by atoms with E-state index in [1.165, 1.54) is 5.56 Å². The average molecular weight is 445 g/mol. The predicted octanol–water partition coefficient (Wildman–Crippen LogP) is 4.25. The summed E-state index contributed by atoms with van der Waals surface area (Å²) in [6.07, 6.45) is 3.27. The Hall–Kier alpha value is -3.94. The number of oxazole rings is 1. The molecule has 0 unspecified atom stereocenters. The van der Waals surface area contributed by atoms with Crippen LogP contribution < -0.4 is 10.6 Å². The number of guanidine groups is 1. The predicted molar refractivity (Wildman–Crippen MR) is 128 cm³/mol. The number of hydrogen-bond donors (Lipinski definition) is 2. The molecule has 0 atom stereocenters. The standard InChI is InChI=1S/C25H28N6O2/c1-3-22-30-24(33-31-22)20-12-10-18(11-13-20)14-15-27-25(26-4-2)28-16-21-17-32-23(29-21)19-8-6-5-7-9-19/h5-13,17H,3-4,14-16H2,1-2H3,(H2,26,27,28). The molecular formula is C25H28N6O2. The van der Waals surface area contributed by atoms with Gasteiger partial charge in [-0.15, -0.1) is 0 Å². The Kier molecular flexibility index (Phi) is 7.48. The van der Waals surface area contributed by atoms with Crippen molar-refractivity contribution in [3.63, 3.8) is 0 Å². The Morgan fingerprint density at radius 2 is 1.70 bits per heavy atom. The second-order valence-corrected chi connectivity index (χ2v) is 7.45. The average Bonchev–Trinajstić information content (AvgIpc) is 3.53. The zero-order valence-electron chi connectivity index (χ0n) is 18.9. The third kappa shape index (κ3) is 6.06. The van der Waals surface area contributed by atoms with Crippen LogP contribution in [0.25, 0.3) is 22.9 Å². The van der Waals surface area contributed by atoms with E-state index in [1.54, 1.807) is 6.26 Å². The monoisotopic (exact) mass is 444 g/mol. The fraction of sp³-hybridized carbons (Fsp3) is 0.280. The molecule has 0 saturated carbocycles. The normalized spacial score (nSPS) is 11.5. The lowest BCUT2D eigenvalue weighted by Crippen LogP contribution is -2.38. The maximum Gasteiger partial charge on any atom is 0.257 e. The van der Waals surface area contributed by atoms with E-state index in [0.29, 0.717) is 18.3 Å². The molecule has 2 aromatic carbocycles. The summed E-state index contributed by atoms with van der Waals surface area (Å²) in [6, 6.07) is 18.0. The van der Waals surface area contributed by atoms with Crippen molar-refractivity contribution in [3.8, 4) is 22.9 Å². The third-order valence-electron chi connectivity index (χ3n) is 5.01. The van der Waals surface area contributed by atoms with Gasteiger partial charge in [0.1, 0.15) is 12.0 Å². The number of aliphatic imine (C=N–C) groups is 1. The van der Waals surface area contributed by atoms with Gasteiger partial charge in [0.05, 0.1) is 6.54 Å². The van der Waals surface area contributed by atoms with E-state index in [4.69, 9.17) is 8.94 Å². The number of aryl methyl sites for hydroxylation is 1. The summed E-state index contributed by atoms with van der Waals surface area (Å²) >= 11 is 0. The molecule has 0 fully saturated rings. The fourth-order valence-corrected chi connectivity index (χ4v) is 3.25. The van der Waals surface area contributed by atoms with Crippen LogP contribution in [0.15, 0.2) is 74.8 Å². The minimum Gasteiger partial charge on any atom is -0.444 e. The molecule has 170 valence electrons. The van der Waals surface area contributed by atoms with E-state index in [1.807, 2.05) is 56.3 Å². The molecule has 0 radical (unpaired) electrons. The van der Waals surface area contributed by atoms with Crippen molar-refractivity contribution in [1.29, 1.82) is 0 Å². The molecule has 0 bridgehead atoms.